The molecule has 2 aromatic carbocycles. The van der Waals surface area contributed by atoms with Crippen LogP contribution in [-0.2, 0) is 6.54 Å². The summed E-state index contributed by atoms with van der Waals surface area (Å²) in [5.41, 5.74) is 1.00. The van der Waals surface area contributed by atoms with E-state index in [2.05, 4.69) is 0 Å². The molecule has 0 saturated carbocycles. The van der Waals surface area contributed by atoms with Crippen LogP contribution in [-0.4, -0.2) is 29.6 Å². The van der Waals surface area contributed by atoms with Crippen LogP contribution >= 0.6 is 11.6 Å². The third-order valence-corrected chi connectivity index (χ3v) is 3.84. The van der Waals surface area contributed by atoms with Gasteiger partial charge in [0.2, 0.25) is 6.79 Å². The molecule has 8 heteroatoms. The molecule has 0 aromatic heterocycles. The molecule has 0 unspecified atom stereocenters. The SMILES string of the molecule is CN(Cc1cccc([N+](=O)[O-])c1)C(=O)c1cc(Cl)c2c(c1)OCO2. The molecule has 0 radical (unpaired) electrons. The van der Waals surface area contributed by atoms with Crippen LogP contribution in [0.15, 0.2) is 36.4 Å². The van der Waals surface area contributed by atoms with Gasteiger partial charge in [0.05, 0.1) is 9.95 Å². The van der Waals surface area contributed by atoms with Gasteiger partial charge in [-0.25, -0.2) is 0 Å². The van der Waals surface area contributed by atoms with Gasteiger partial charge in [-0.1, -0.05) is 23.7 Å². The van der Waals surface area contributed by atoms with Gasteiger partial charge >= 0.3 is 0 Å². The molecule has 0 bridgehead atoms. The average Bonchev–Trinajstić information content (AvgIpc) is 3.03. The standard InChI is InChI=1S/C16H13ClN2O5/c1-18(8-10-3-2-4-12(5-10)19(21)22)16(20)11-6-13(17)15-14(7-11)23-9-24-15/h2-7H,8-9H2,1H3. The molecule has 0 spiro atoms. The number of hydrogen-bond acceptors (Lipinski definition) is 5. The molecule has 1 amide bonds. The molecule has 3 rings (SSSR count). The second-order valence-electron chi connectivity index (χ2n) is 5.28. The third-order valence-electron chi connectivity index (χ3n) is 3.56. The number of nitro groups is 1. The van der Waals surface area contributed by atoms with E-state index in [9.17, 15) is 14.9 Å². The molecule has 1 aliphatic rings. The first-order valence-corrected chi connectivity index (χ1v) is 7.41. The van der Waals surface area contributed by atoms with E-state index in [-0.39, 0.29) is 24.9 Å². The second kappa shape index (κ2) is 6.37. The van der Waals surface area contributed by atoms with Crippen LogP contribution in [0.3, 0.4) is 0 Å². The van der Waals surface area contributed by atoms with E-state index in [0.717, 1.165) is 0 Å². The number of benzene rings is 2. The molecule has 1 heterocycles. The lowest BCUT2D eigenvalue weighted by Gasteiger charge is -2.17. The zero-order valence-corrected chi connectivity index (χ0v) is 13.4. The zero-order chi connectivity index (χ0) is 17.3. The van der Waals surface area contributed by atoms with Crippen molar-refractivity contribution in [1.29, 1.82) is 0 Å². The van der Waals surface area contributed by atoms with E-state index in [1.54, 1.807) is 25.2 Å². The van der Waals surface area contributed by atoms with Crippen molar-refractivity contribution in [2.24, 2.45) is 0 Å². The van der Waals surface area contributed by atoms with E-state index >= 15 is 0 Å². The van der Waals surface area contributed by atoms with Crippen molar-refractivity contribution in [2.75, 3.05) is 13.8 Å². The summed E-state index contributed by atoms with van der Waals surface area (Å²) in [4.78, 5) is 24.4. The molecule has 0 atom stereocenters. The summed E-state index contributed by atoms with van der Waals surface area (Å²) in [5.74, 6) is 0.575. The molecule has 2 aromatic rings. The van der Waals surface area contributed by atoms with Crippen LogP contribution in [0.25, 0.3) is 0 Å². The normalized spacial score (nSPS) is 12.1. The Hall–Kier alpha value is -2.80. The molecule has 124 valence electrons. The Morgan fingerprint density at radius 2 is 2.12 bits per heavy atom. The van der Waals surface area contributed by atoms with E-state index in [1.807, 2.05) is 0 Å². The molecule has 24 heavy (non-hydrogen) atoms. The maximum Gasteiger partial charge on any atom is 0.269 e. The summed E-state index contributed by atoms with van der Waals surface area (Å²) < 4.78 is 10.5. The van der Waals surface area contributed by atoms with Crippen LogP contribution in [0, 0.1) is 10.1 Å². The Morgan fingerprint density at radius 1 is 1.33 bits per heavy atom. The van der Waals surface area contributed by atoms with Gasteiger partial charge in [-0.2, -0.15) is 0 Å². The largest absolute Gasteiger partial charge is 0.454 e. The Morgan fingerprint density at radius 3 is 2.88 bits per heavy atom. The average molecular weight is 349 g/mol. The summed E-state index contributed by atoms with van der Waals surface area (Å²) in [7, 11) is 1.61. The van der Waals surface area contributed by atoms with Crippen molar-refractivity contribution < 1.29 is 19.2 Å². The summed E-state index contributed by atoms with van der Waals surface area (Å²) in [5, 5.41) is 11.1. The van der Waals surface area contributed by atoms with Gasteiger partial charge in [-0.05, 0) is 17.7 Å². The predicted octanol–water partition coefficient (Wildman–Crippen LogP) is 3.25. The zero-order valence-electron chi connectivity index (χ0n) is 12.7. The lowest BCUT2D eigenvalue weighted by atomic mass is 10.1. The van der Waals surface area contributed by atoms with Crippen LogP contribution in [0.1, 0.15) is 15.9 Å². The number of carbonyl (C=O) groups excluding carboxylic acids is 1. The number of amides is 1. The molecule has 1 aliphatic heterocycles. The smallest absolute Gasteiger partial charge is 0.269 e. The highest BCUT2D eigenvalue weighted by Gasteiger charge is 2.22. The molecule has 0 N–H and O–H groups in total. The fourth-order valence-corrected chi connectivity index (χ4v) is 2.69. The van der Waals surface area contributed by atoms with Gasteiger partial charge in [0.15, 0.2) is 11.5 Å². The van der Waals surface area contributed by atoms with Gasteiger partial charge in [-0.3, -0.25) is 14.9 Å². The molecular formula is C16H13ClN2O5. The number of hydrogen-bond donors (Lipinski definition) is 0. The van der Waals surface area contributed by atoms with Gasteiger partial charge < -0.3 is 14.4 Å². The number of fused-ring (bicyclic) bond motifs is 1. The van der Waals surface area contributed by atoms with E-state index in [0.29, 0.717) is 27.6 Å². The maximum atomic E-state index is 12.6. The van der Waals surface area contributed by atoms with Crippen LogP contribution in [0.5, 0.6) is 11.5 Å². The number of ether oxygens (including phenoxy) is 2. The molecule has 0 aliphatic carbocycles. The number of carbonyl (C=O) groups is 1. The number of halogens is 1. The Bertz CT molecular complexity index is 824. The minimum atomic E-state index is -0.469. The fourth-order valence-electron chi connectivity index (χ4n) is 2.43. The summed E-state index contributed by atoms with van der Waals surface area (Å²) in [6, 6.07) is 9.24. The lowest BCUT2D eigenvalue weighted by Crippen LogP contribution is -2.26. The molecule has 7 nitrogen and oxygen atoms in total. The first-order chi connectivity index (χ1) is 11.5. The first kappa shape index (κ1) is 16.1. The number of nitro benzene ring substituents is 1. The number of non-ortho nitro benzene ring substituents is 1. The first-order valence-electron chi connectivity index (χ1n) is 7.03. The van der Waals surface area contributed by atoms with Crippen molar-refractivity contribution in [3.05, 3.63) is 62.7 Å². The summed E-state index contributed by atoms with van der Waals surface area (Å²) >= 11 is 6.09. The minimum absolute atomic E-state index is 0.0144. The monoisotopic (exact) mass is 348 g/mol. The Kier molecular flexibility index (Phi) is 4.26. The number of nitrogens with zero attached hydrogens (tertiary/aromatic N) is 2. The van der Waals surface area contributed by atoms with Crippen LogP contribution in [0.4, 0.5) is 5.69 Å². The topological polar surface area (TPSA) is 81.9 Å². The highest BCUT2D eigenvalue weighted by molar-refractivity contribution is 6.32. The molecular weight excluding hydrogens is 336 g/mol. The Labute approximate surface area is 142 Å². The third kappa shape index (κ3) is 3.11. The predicted molar refractivity (Wildman–Crippen MR) is 86.5 cm³/mol. The second-order valence-corrected chi connectivity index (χ2v) is 5.69. The lowest BCUT2D eigenvalue weighted by molar-refractivity contribution is -0.384. The van der Waals surface area contributed by atoms with Crippen molar-refractivity contribution in [3.63, 3.8) is 0 Å². The summed E-state index contributed by atoms with van der Waals surface area (Å²) in [6.07, 6.45) is 0. The summed E-state index contributed by atoms with van der Waals surface area (Å²) in [6.45, 7) is 0.294. The quantitative estimate of drug-likeness (QED) is 0.625. The van der Waals surface area contributed by atoms with Crippen molar-refractivity contribution >= 4 is 23.2 Å². The molecule has 0 saturated heterocycles. The van der Waals surface area contributed by atoms with Crippen LogP contribution in [0.2, 0.25) is 5.02 Å². The van der Waals surface area contributed by atoms with Gasteiger partial charge in [0.25, 0.3) is 11.6 Å². The van der Waals surface area contributed by atoms with Crippen molar-refractivity contribution in [2.45, 2.75) is 6.54 Å². The van der Waals surface area contributed by atoms with Crippen LogP contribution < -0.4 is 9.47 Å². The maximum absolute atomic E-state index is 12.6. The molecule has 0 fully saturated rings. The van der Waals surface area contributed by atoms with E-state index < -0.39 is 4.92 Å². The van der Waals surface area contributed by atoms with E-state index in [4.69, 9.17) is 21.1 Å². The highest BCUT2D eigenvalue weighted by atomic mass is 35.5. The van der Waals surface area contributed by atoms with Gasteiger partial charge in [-0.15, -0.1) is 0 Å². The van der Waals surface area contributed by atoms with Gasteiger partial charge in [0.1, 0.15) is 0 Å². The minimum Gasteiger partial charge on any atom is -0.454 e. The van der Waals surface area contributed by atoms with E-state index in [1.165, 1.54) is 23.1 Å². The fraction of sp³-hybridized carbons (Fsp3) is 0.188. The van der Waals surface area contributed by atoms with Crippen molar-refractivity contribution in [3.8, 4) is 11.5 Å². The van der Waals surface area contributed by atoms with Gasteiger partial charge in [0, 0.05) is 31.3 Å². The Balaban J connectivity index is 1.79. The van der Waals surface area contributed by atoms with Crippen molar-refractivity contribution in [1.82, 2.24) is 4.90 Å². The highest BCUT2D eigenvalue weighted by Crippen LogP contribution is 2.40. The number of rotatable bonds is 4.